The molecular formula is C30H26O9. The van der Waals surface area contributed by atoms with Crippen LogP contribution in [0.4, 0.5) is 0 Å². The molecular weight excluding hydrogens is 504 g/mol. The van der Waals surface area contributed by atoms with Crippen molar-refractivity contribution in [2.24, 2.45) is 0 Å². The molecule has 0 spiro atoms. The first kappa shape index (κ1) is 24.6. The van der Waals surface area contributed by atoms with Gasteiger partial charge in [-0.2, -0.15) is 0 Å². The Bertz CT molecular complexity index is 1560. The molecule has 7 N–H and O–H groups in total. The molecule has 0 fully saturated rings. The van der Waals surface area contributed by atoms with E-state index in [1.165, 1.54) is 36.4 Å². The minimum atomic E-state index is -1.09. The Morgan fingerprint density at radius 2 is 1.36 bits per heavy atom. The number of hydrogen-bond donors (Lipinski definition) is 7. The highest BCUT2D eigenvalue weighted by Crippen LogP contribution is 2.54. The van der Waals surface area contributed by atoms with Crippen LogP contribution >= 0.6 is 0 Å². The second-order valence-corrected chi connectivity index (χ2v) is 9.90. The van der Waals surface area contributed by atoms with Gasteiger partial charge in [0.2, 0.25) is 0 Å². The summed E-state index contributed by atoms with van der Waals surface area (Å²) in [5.74, 6) is -0.954. The number of aliphatic hydroxyl groups is 1. The second-order valence-electron chi connectivity index (χ2n) is 9.90. The number of hydrogen-bond acceptors (Lipinski definition) is 9. The standard InChI is InChI=1S/C30H26O9/c31-16-4-1-14(2-5-16)25-12-19(18-7-6-17(32)10-26(18)38-25)28-23(35)13-27-20(29(28)37)11-24(36)30(39-27)15-3-8-21(33)22(34)9-15/h1-10,13,19,24-25,30-37H,11-12H2. The Morgan fingerprint density at radius 3 is 2.10 bits per heavy atom. The number of phenols is 6. The van der Waals surface area contributed by atoms with Gasteiger partial charge in [-0.1, -0.05) is 24.3 Å². The summed E-state index contributed by atoms with van der Waals surface area (Å²) in [6.07, 6.45) is -2.16. The molecule has 39 heavy (non-hydrogen) atoms. The van der Waals surface area contributed by atoms with Crippen LogP contribution < -0.4 is 9.47 Å². The fraction of sp³-hybridized carbons (Fsp3) is 0.200. The van der Waals surface area contributed by atoms with Crippen molar-refractivity contribution in [1.29, 1.82) is 0 Å². The van der Waals surface area contributed by atoms with Gasteiger partial charge in [-0.3, -0.25) is 0 Å². The van der Waals surface area contributed by atoms with Gasteiger partial charge in [0.25, 0.3) is 0 Å². The number of benzene rings is 4. The number of fused-ring (bicyclic) bond motifs is 2. The average Bonchev–Trinajstić information content (AvgIpc) is 2.90. The SMILES string of the molecule is Oc1ccc(C2CC(c3c(O)cc4c(c3O)CC(O)C(c3ccc(O)c(O)c3)O4)c3ccc(O)cc3O2)cc1. The Hall–Kier alpha value is -4.76. The molecule has 0 amide bonds. The smallest absolute Gasteiger partial charge is 0.157 e. The Kier molecular flexibility index (Phi) is 5.80. The van der Waals surface area contributed by atoms with Crippen LogP contribution in [-0.2, 0) is 6.42 Å². The lowest BCUT2D eigenvalue weighted by atomic mass is 9.80. The van der Waals surface area contributed by atoms with Crippen molar-refractivity contribution in [3.8, 4) is 46.0 Å². The molecule has 0 aromatic heterocycles. The maximum atomic E-state index is 11.4. The van der Waals surface area contributed by atoms with Gasteiger partial charge in [0.15, 0.2) is 11.5 Å². The molecule has 0 radical (unpaired) electrons. The summed E-state index contributed by atoms with van der Waals surface area (Å²) >= 11 is 0. The fourth-order valence-electron chi connectivity index (χ4n) is 5.50. The molecule has 4 unspecified atom stereocenters. The fourth-order valence-corrected chi connectivity index (χ4v) is 5.50. The lowest BCUT2D eigenvalue weighted by Crippen LogP contribution is -2.30. The van der Waals surface area contributed by atoms with Crippen LogP contribution in [0.3, 0.4) is 0 Å². The molecule has 4 atom stereocenters. The van der Waals surface area contributed by atoms with E-state index in [0.29, 0.717) is 28.9 Å². The summed E-state index contributed by atoms with van der Waals surface area (Å²) in [7, 11) is 0. The van der Waals surface area contributed by atoms with Crippen LogP contribution in [0.25, 0.3) is 0 Å². The third-order valence-electron chi connectivity index (χ3n) is 7.43. The van der Waals surface area contributed by atoms with Gasteiger partial charge >= 0.3 is 0 Å². The summed E-state index contributed by atoms with van der Waals surface area (Å²) < 4.78 is 12.1. The molecule has 2 aliphatic heterocycles. The minimum absolute atomic E-state index is 0.000530. The lowest BCUT2D eigenvalue weighted by molar-refractivity contribution is 0.0195. The second kappa shape index (κ2) is 9.21. The first-order valence-electron chi connectivity index (χ1n) is 12.4. The lowest BCUT2D eigenvalue weighted by Gasteiger charge is -2.35. The zero-order valence-corrected chi connectivity index (χ0v) is 20.5. The van der Waals surface area contributed by atoms with Crippen LogP contribution in [0.1, 0.15) is 52.4 Å². The Balaban J connectivity index is 1.41. The van der Waals surface area contributed by atoms with Gasteiger partial charge in [-0.15, -0.1) is 0 Å². The highest BCUT2D eigenvalue weighted by molar-refractivity contribution is 5.62. The van der Waals surface area contributed by atoms with E-state index in [1.807, 2.05) is 0 Å². The van der Waals surface area contributed by atoms with E-state index in [0.717, 1.165) is 5.56 Å². The Morgan fingerprint density at radius 1 is 0.641 bits per heavy atom. The minimum Gasteiger partial charge on any atom is -0.508 e. The highest BCUT2D eigenvalue weighted by atomic mass is 16.5. The summed E-state index contributed by atoms with van der Waals surface area (Å²) in [5.41, 5.74) is 2.40. The third kappa shape index (κ3) is 4.26. The van der Waals surface area contributed by atoms with Gasteiger partial charge in [-0.05, 0) is 47.9 Å². The normalized spacial score (nSPS) is 21.8. The van der Waals surface area contributed by atoms with Crippen molar-refractivity contribution < 1.29 is 45.2 Å². The van der Waals surface area contributed by atoms with Gasteiger partial charge in [0, 0.05) is 41.2 Å². The molecule has 0 saturated carbocycles. The molecule has 6 rings (SSSR count). The van der Waals surface area contributed by atoms with E-state index in [-0.39, 0.29) is 52.2 Å². The van der Waals surface area contributed by atoms with Crippen molar-refractivity contribution in [1.82, 2.24) is 0 Å². The molecule has 4 aromatic carbocycles. The van der Waals surface area contributed by atoms with E-state index < -0.39 is 24.2 Å². The van der Waals surface area contributed by atoms with Crippen molar-refractivity contribution in [2.45, 2.75) is 37.1 Å². The van der Waals surface area contributed by atoms with Gasteiger partial charge in [-0.25, -0.2) is 0 Å². The largest absolute Gasteiger partial charge is 0.508 e. The highest BCUT2D eigenvalue weighted by Gasteiger charge is 2.38. The van der Waals surface area contributed by atoms with E-state index in [9.17, 15) is 35.7 Å². The van der Waals surface area contributed by atoms with Gasteiger partial charge in [0.05, 0.1) is 6.10 Å². The molecule has 200 valence electrons. The first-order valence-corrected chi connectivity index (χ1v) is 12.4. The third-order valence-corrected chi connectivity index (χ3v) is 7.43. The summed E-state index contributed by atoms with van der Waals surface area (Å²) in [5, 5.41) is 72.9. The summed E-state index contributed by atoms with van der Waals surface area (Å²) in [6.45, 7) is 0. The maximum absolute atomic E-state index is 11.4. The topological polar surface area (TPSA) is 160 Å². The van der Waals surface area contributed by atoms with Crippen molar-refractivity contribution in [3.63, 3.8) is 0 Å². The summed E-state index contributed by atoms with van der Waals surface area (Å²) in [6, 6.07) is 16.7. The predicted molar refractivity (Wildman–Crippen MR) is 139 cm³/mol. The van der Waals surface area contributed by atoms with Gasteiger partial charge in [0.1, 0.15) is 46.7 Å². The number of rotatable bonds is 3. The van der Waals surface area contributed by atoms with Crippen molar-refractivity contribution >= 4 is 0 Å². The zero-order valence-electron chi connectivity index (χ0n) is 20.5. The summed E-state index contributed by atoms with van der Waals surface area (Å²) in [4.78, 5) is 0. The van der Waals surface area contributed by atoms with Crippen LogP contribution in [0, 0.1) is 0 Å². The van der Waals surface area contributed by atoms with Gasteiger partial charge < -0.3 is 45.2 Å². The van der Waals surface area contributed by atoms with Crippen LogP contribution in [0.2, 0.25) is 0 Å². The molecule has 0 saturated heterocycles. The molecule has 2 aliphatic rings. The average molecular weight is 531 g/mol. The predicted octanol–water partition coefficient (Wildman–Crippen LogP) is 4.61. The van der Waals surface area contributed by atoms with Crippen LogP contribution in [-0.4, -0.2) is 41.8 Å². The quantitative estimate of drug-likeness (QED) is 0.188. The molecule has 0 bridgehead atoms. The van der Waals surface area contributed by atoms with E-state index in [2.05, 4.69) is 0 Å². The van der Waals surface area contributed by atoms with Crippen LogP contribution in [0.15, 0.2) is 66.7 Å². The molecule has 4 aromatic rings. The maximum Gasteiger partial charge on any atom is 0.157 e. The first-order chi connectivity index (χ1) is 18.7. The molecule has 9 heteroatoms. The molecule has 2 heterocycles. The number of phenolic OH excluding ortho intramolecular Hbond substituents is 6. The number of ether oxygens (including phenoxy) is 2. The van der Waals surface area contributed by atoms with E-state index in [1.54, 1.807) is 30.3 Å². The van der Waals surface area contributed by atoms with Crippen molar-refractivity contribution in [2.75, 3.05) is 0 Å². The monoisotopic (exact) mass is 530 g/mol. The number of aromatic hydroxyl groups is 6. The van der Waals surface area contributed by atoms with Crippen LogP contribution in [0.5, 0.6) is 46.0 Å². The molecule has 9 nitrogen and oxygen atoms in total. The van der Waals surface area contributed by atoms with E-state index >= 15 is 0 Å². The Labute approximate surface area is 223 Å². The number of aliphatic hydroxyl groups excluding tert-OH is 1. The molecule has 0 aliphatic carbocycles. The van der Waals surface area contributed by atoms with E-state index in [4.69, 9.17) is 9.47 Å². The van der Waals surface area contributed by atoms with Crippen molar-refractivity contribution in [3.05, 3.63) is 94.5 Å². The zero-order chi connectivity index (χ0) is 27.4.